The Balaban J connectivity index is 0. The Morgan fingerprint density at radius 3 is 2.38 bits per heavy atom. The van der Waals surface area contributed by atoms with E-state index < -0.39 is 12.0 Å². The fourth-order valence-electron chi connectivity index (χ4n) is 0.414. The van der Waals surface area contributed by atoms with E-state index in [2.05, 4.69) is 5.32 Å². The lowest BCUT2D eigenvalue weighted by molar-refractivity contribution is -0.138. The van der Waals surface area contributed by atoms with Gasteiger partial charge in [-0.05, 0) is 20.2 Å². The number of carbonyl (C=O) groups is 2. The summed E-state index contributed by atoms with van der Waals surface area (Å²) in [6.45, 7) is 1.44. The van der Waals surface area contributed by atoms with Crippen LogP contribution in [0, 0.1) is 0 Å². The minimum atomic E-state index is -0.788. The van der Waals surface area contributed by atoms with Gasteiger partial charge in [-0.2, -0.15) is 0 Å². The van der Waals surface area contributed by atoms with E-state index >= 15 is 0 Å². The maximum absolute atomic E-state index is 10.4. The topological polar surface area (TPSA) is 66.4 Å². The van der Waals surface area contributed by atoms with Gasteiger partial charge in [0.2, 0.25) is 0 Å². The minimum absolute atomic E-state index is 0.419. The van der Waals surface area contributed by atoms with E-state index in [1.165, 1.54) is 6.92 Å². The van der Waals surface area contributed by atoms with Gasteiger partial charge in [0.05, 0.1) is 0 Å². The fourth-order valence-corrected chi connectivity index (χ4v) is 1.81. The van der Waals surface area contributed by atoms with E-state index in [0.29, 0.717) is 5.75 Å². The number of likely N-dealkylation sites (N-methyl/N-ethyl adjacent to an activating group) is 1. The Labute approximate surface area is 86.2 Å². The summed E-state index contributed by atoms with van der Waals surface area (Å²) in [5, 5.41) is 11.2. The Bertz CT molecular complexity index is 144. The Morgan fingerprint density at radius 1 is 1.69 bits per heavy atom. The van der Waals surface area contributed by atoms with Gasteiger partial charge in [0.15, 0.2) is 0 Å². The maximum Gasteiger partial charge on any atom is 0.321 e. The maximum atomic E-state index is 10.4. The second-order valence-electron chi connectivity index (χ2n) is 1.87. The number of hydrogen-bond donors (Lipinski definition) is 2. The molecule has 0 amide bonds. The number of hydrogen-bond acceptors (Lipinski definition) is 5. The summed E-state index contributed by atoms with van der Waals surface area (Å²) in [5.41, 5.74) is 0. The van der Waals surface area contributed by atoms with Gasteiger partial charge in [-0.25, -0.2) is 0 Å². The summed E-state index contributed by atoms with van der Waals surface area (Å²) in [6.07, 6.45) is 2.68. The van der Waals surface area contributed by atoms with E-state index in [1.807, 2.05) is 6.26 Å². The second kappa shape index (κ2) is 11.8. The van der Waals surface area contributed by atoms with E-state index in [-0.39, 0.29) is 0 Å². The van der Waals surface area contributed by atoms with Crippen LogP contribution in [0.2, 0.25) is 0 Å². The standard InChI is InChI=1S/C5H11NO2S2.C2H4O/c1-6-4(5(7)8)3-10-9-2;1-2-3/h4,6H,3H2,1-2H3,(H,7,8);2H,1H3. The third-order valence-electron chi connectivity index (χ3n) is 0.999. The first-order chi connectivity index (χ1) is 6.13. The minimum Gasteiger partial charge on any atom is -0.480 e. The molecule has 0 spiro atoms. The molecule has 1 atom stereocenters. The zero-order chi connectivity index (χ0) is 10.7. The first kappa shape index (κ1) is 15.3. The van der Waals surface area contributed by atoms with Crippen molar-refractivity contribution in [3.8, 4) is 0 Å². The monoisotopic (exact) mass is 225 g/mol. The van der Waals surface area contributed by atoms with E-state index in [9.17, 15) is 4.79 Å². The van der Waals surface area contributed by atoms with Gasteiger partial charge in [-0.1, -0.05) is 21.6 Å². The van der Waals surface area contributed by atoms with Gasteiger partial charge in [0.25, 0.3) is 0 Å². The molecule has 78 valence electrons. The smallest absolute Gasteiger partial charge is 0.321 e. The molecule has 0 rings (SSSR count). The number of carbonyl (C=O) groups excluding carboxylic acids is 1. The third kappa shape index (κ3) is 11.8. The summed E-state index contributed by atoms with van der Waals surface area (Å²) in [4.78, 5) is 19.2. The molecular weight excluding hydrogens is 210 g/mol. The molecule has 1 unspecified atom stereocenters. The van der Waals surface area contributed by atoms with Crippen LogP contribution in [0.1, 0.15) is 6.92 Å². The van der Waals surface area contributed by atoms with Crippen molar-refractivity contribution in [3.63, 3.8) is 0 Å². The highest BCUT2D eigenvalue weighted by Gasteiger charge is 2.13. The molecule has 0 aromatic rings. The predicted octanol–water partition coefficient (Wildman–Crippen LogP) is 0.875. The van der Waals surface area contributed by atoms with Gasteiger partial charge in [-0.3, -0.25) is 4.79 Å². The van der Waals surface area contributed by atoms with Crippen LogP contribution in [-0.4, -0.2) is 42.5 Å². The molecule has 6 heteroatoms. The summed E-state index contributed by atoms with van der Waals surface area (Å²) in [7, 11) is 4.77. The number of carboxylic acid groups (broad SMARTS) is 1. The van der Waals surface area contributed by atoms with Gasteiger partial charge >= 0.3 is 5.97 Å². The molecule has 0 aromatic carbocycles. The molecular formula is C7H15NO3S2. The SMILES string of the molecule is CC=O.CNC(CSSC)C(=O)O. The van der Waals surface area contributed by atoms with Crippen molar-refractivity contribution < 1.29 is 14.7 Å². The van der Waals surface area contributed by atoms with E-state index in [0.717, 1.165) is 6.29 Å². The zero-order valence-electron chi connectivity index (χ0n) is 7.94. The predicted molar refractivity (Wildman–Crippen MR) is 58.2 cm³/mol. The molecule has 0 heterocycles. The summed E-state index contributed by atoms with van der Waals surface area (Å²) in [6, 6.07) is -0.419. The quantitative estimate of drug-likeness (QED) is 0.535. The lowest BCUT2D eigenvalue weighted by Gasteiger charge is -2.07. The van der Waals surface area contributed by atoms with Gasteiger partial charge in [0, 0.05) is 5.75 Å². The van der Waals surface area contributed by atoms with Crippen molar-refractivity contribution in [2.75, 3.05) is 19.1 Å². The van der Waals surface area contributed by atoms with Crippen LogP contribution < -0.4 is 5.32 Å². The molecule has 0 radical (unpaired) electrons. The summed E-state index contributed by atoms with van der Waals surface area (Å²) in [5.74, 6) is -0.184. The van der Waals surface area contributed by atoms with E-state index in [1.54, 1.807) is 28.6 Å². The number of aldehydes is 1. The van der Waals surface area contributed by atoms with E-state index in [4.69, 9.17) is 9.90 Å². The molecule has 0 aromatic heterocycles. The number of carboxylic acids is 1. The second-order valence-corrected chi connectivity index (χ2v) is 4.48. The van der Waals surface area contributed by atoms with Crippen LogP contribution in [0.15, 0.2) is 0 Å². The van der Waals surface area contributed by atoms with Crippen LogP contribution >= 0.6 is 21.6 Å². The summed E-state index contributed by atoms with van der Waals surface area (Å²) >= 11 is 0. The fraction of sp³-hybridized carbons (Fsp3) is 0.714. The molecule has 0 aliphatic rings. The number of rotatable bonds is 5. The van der Waals surface area contributed by atoms with Crippen molar-refractivity contribution in [2.45, 2.75) is 13.0 Å². The van der Waals surface area contributed by atoms with Crippen molar-refractivity contribution in [1.82, 2.24) is 5.32 Å². The molecule has 0 saturated carbocycles. The van der Waals surface area contributed by atoms with Gasteiger partial charge < -0.3 is 15.2 Å². The number of aliphatic carboxylic acids is 1. The average Bonchev–Trinajstić information content (AvgIpc) is 2.06. The Kier molecular flexibility index (Phi) is 13.9. The Morgan fingerprint density at radius 2 is 2.15 bits per heavy atom. The Hall–Kier alpha value is -0.200. The largest absolute Gasteiger partial charge is 0.480 e. The van der Waals surface area contributed by atoms with Crippen LogP contribution in [-0.2, 0) is 9.59 Å². The van der Waals surface area contributed by atoms with Crippen molar-refractivity contribution >= 4 is 33.8 Å². The van der Waals surface area contributed by atoms with Crippen LogP contribution in [0.5, 0.6) is 0 Å². The lowest BCUT2D eigenvalue weighted by atomic mass is 10.3. The van der Waals surface area contributed by atoms with Crippen molar-refractivity contribution in [3.05, 3.63) is 0 Å². The van der Waals surface area contributed by atoms with Crippen molar-refractivity contribution in [2.24, 2.45) is 0 Å². The molecule has 0 fully saturated rings. The molecule has 0 bridgehead atoms. The van der Waals surface area contributed by atoms with Crippen molar-refractivity contribution in [1.29, 1.82) is 0 Å². The van der Waals surface area contributed by atoms with Gasteiger partial charge in [-0.15, -0.1) is 0 Å². The highest BCUT2D eigenvalue weighted by atomic mass is 33.1. The molecule has 0 aliphatic carbocycles. The molecule has 13 heavy (non-hydrogen) atoms. The van der Waals surface area contributed by atoms with Crippen LogP contribution in [0.4, 0.5) is 0 Å². The number of nitrogens with one attached hydrogen (secondary N) is 1. The highest BCUT2D eigenvalue weighted by Crippen LogP contribution is 2.17. The third-order valence-corrected chi connectivity index (χ3v) is 2.82. The normalized spacial score (nSPS) is 11.0. The zero-order valence-corrected chi connectivity index (χ0v) is 9.58. The molecule has 4 nitrogen and oxygen atoms in total. The first-order valence-electron chi connectivity index (χ1n) is 3.59. The summed E-state index contributed by atoms with van der Waals surface area (Å²) < 4.78 is 0. The molecule has 0 saturated heterocycles. The van der Waals surface area contributed by atoms with Crippen LogP contribution in [0.25, 0.3) is 0 Å². The highest BCUT2D eigenvalue weighted by molar-refractivity contribution is 8.76. The average molecular weight is 225 g/mol. The first-order valence-corrected chi connectivity index (χ1v) is 6.32. The lowest BCUT2D eigenvalue weighted by Crippen LogP contribution is -2.35. The van der Waals surface area contributed by atoms with Crippen LogP contribution in [0.3, 0.4) is 0 Å². The van der Waals surface area contributed by atoms with Gasteiger partial charge in [0.1, 0.15) is 12.3 Å². The molecule has 2 N–H and O–H groups in total. The molecule has 0 aliphatic heterocycles.